The Bertz CT molecular complexity index is 975. The van der Waals surface area contributed by atoms with Gasteiger partial charge in [0.15, 0.2) is 0 Å². The van der Waals surface area contributed by atoms with Crippen molar-refractivity contribution in [3.63, 3.8) is 0 Å². The Kier molecular flexibility index (Phi) is 7.60. The average Bonchev–Trinajstić information content (AvgIpc) is 2.79. The van der Waals surface area contributed by atoms with Gasteiger partial charge in [-0.25, -0.2) is 4.79 Å². The fourth-order valence-corrected chi connectivity index (χ4v) is 3.50. The number of carbonyl (C=O) groups excluding carboxylic acids is 2. The first-order valence-corrected chi connectivity index (χ1v) is 10.5. The third kappa shape index (κ3) is 6.69. The number of urea groups is 1. The normalized spacial score (nSPS) is 15.1. The monoisotopic (exact) mass is 464 g/mol. The summed E-state index contributed by atoms with van der Waals surface area (Å²) in [5, 5.41) is 7.37. The quantitative estimate of drug-likeness (QED) is 0.599. The summed E-state index contributed by atoms with van der Waals surface area (Å²) in [5.41, 5.74) is -1.57. The number of hydrogen-bond donors (Lipinski definition) is 3. The molecule has 3 N–H and O–H groups in total. The van der Waals surface area contributed by atoms with E-state index in [1.54, 1.807) is 30.3 Å². The van der Waals surface area contributed by atoms with Crippen LogP contribution in [0.25, 0.3) is 0 Å². The minimum atomic E-state index is -4.73. The van der Waals surface area contributed by atoms with E-state index in [1.165, 1.54) is 6.07 Å². The molecule has 0 aliphatic carbocycles. The number of rotatable bonds is 6. The molecule has 1 aliphatic rings. The third-order valence-electron chi connectivity index (χ3n) is 5.42. The molecule has 0 bridgehead atoms. The highest BCUT2D eigenvalue weighted by Gasteiger charge is 2.35. The minimum absolute atomic E-state index is 0.0319. The van der Waals surface area contributed by atoms with Gasteiger partial charge in [-0.05, 0) is 44.2 Å². The molecule has 0 spiro atoms. The van der Waals surface area contributed by atoms with Gasteiger partial charge >= 0.3 is 12.2 Å². The van der Waals surface area contributed by atoms with Gasteiger partial charge in [0.25, 0.3) is 5.91 Å². The van der Waals surface area contributed by atoms with Crippen LogP contribution in [0.2, 0.25) is 0 Å². The summed E-state index contributed by atoms with van der Waals surface area (Å²) in [5.74, 6) is -0.535. The molecule has 1 saturated heterocycles. The van der Waals surface area contributed by atoms with Crippen molar-refractivity contribution in [3.8, 4) is 0 Å². The molecule has 1 heterocycles. The first kappa shape index (κ1) is 24.5. The van der Waals surface area contributed by atoms with E-state index in [-0.39, 0.29) is 17.8 Å². The number of anilines is 2. The largest absolute Gasteiger partial charge is 0.418 e. The molecular weight excluding hydrogens is 437 g/mol. The number of carbonyl (C=O) groups is 2. The molecule has 0 atom stereocenters. The third-order valence-corrected chi connectivity index (χ3v) is 5.42. The number of amides is 3. The van der Waals surface area contributed by atoms with Gasteiger partial charge in [0.2, 0.25) is 0 Å². The fraction of sp³-hybridized carbons (Fsp3) is 0.391. The number of benzene rings is 2. The molecular formula is C23H27F3N4O3. The molecule has 0 radical (unpaired) electrons. The zero-order valence-electron chi connectivity index (χ0n) is 18.5. The molecule has 0 saturated carbocycles. The van der Waals surface area contributed by atoms with Crippen molar-refractivity contribution >= 4 is 23.3 Å². The number of ether oxygens (including phenoxy) is 1. The van der Waals surface area contributed by atoms with Crippen molar-refractivity contribution in [3.05, 3.63) is 59.7 Å². The Morgan fingerprint density at radius 3 is 2.30 bits per heavy atom. The van der Waals surface area contributed by atoms with E-state index in [9.17, 15) is 22.8 Å². The molecule has 7 nitrogen and oxygen atoms in total. The van der Waals surface area contributed by atoms with Crippen LogP contribution in [-0.4, -0.2) is 55.2 Å². The lowest BCUT2D eigenvalue weighted by atomic mass is 10.0. The second kappa shape index (κ2) is 10.2. The van der Waals surface area contributed by atoms with Crippen molar-refractivity contribution in [1.29, 1.82) is 0 Å². The number of hydrogen-bond acceptors (Lipinski definition) is 4. The zero-order valence-corrected chi connectivity index (χ0v) is 18.5. The molecule has 2 aromatic rings. The predicted molar refractivity (Wildman–Crippen MR) is 119 cm³/mol. The van der Waals surface area contributed by atoms with Crippen LogP contribution in [0.15, 0.2) is 48.5 Å². The van der Waals surface area contributed by atoms with Crippen LogP contribution in [-0.2, 0) is 10.9 Å². The van der Waals surface area contributed by atoms with Gasteiger partial charge in [-0.3, -0.25) is 9.69 Å². The molecule has 0 aromatic heterocycles. The molecule has 2 aromatic carbocycles. The van der Waals surface area contributed by atoms with Crippen LogP contribution in [0.1, 0.15) is 29.8 Å². The first-order valence-electron chi connectivity index (χ1n) is 10.5. The summed E-state index contributed by atoms with van der Waals surface area (Å²) in [6.07, 6.45) is -4.73. The maximum atomic E-state index is 13.7. The van der Waals surface area contributed by atoms with Gasteiger partial charge < -0.3 is 20.7 Å². The Morgan fingerprint density at radius 1 is 1.00 bits per heavy atom. The van der Waals surface area contributed by atoms with Crippen molar-refractivity contribution in [2.45, 2.75) is 25.6 Å². The lowest BCUT2D eigenvalue weighted by molar-refractivity contribution is -0.136. The van der Waals surface area contributed by atoms with Crippen molar-refractivity contribution in [2.75, 3.05) is 43.5 Å². The minimum Gasteiger partial charge on any atom is -0.379 e. The molecule has 178 valence electrons. The SMILES string of the molecule is CC(C)(CNC(=O)Nc1ccc(NC(=O)c2ccccc2)cc1C(F)(F)F)N1CCOCC1. The summed E-state index contributed by atoms with van der Waals surface area (Å²) in [7, 11) is 0. The topological polar surface area (TPSA) is 82.7 Å². The van der Waals surface area contributed by atoms with E-state index in [0.29, 0.717) is 31.9 Å². The molecule has 10 heteroatoms. The summed E-state index contributed by atoms with van der Waals surface area (Å²) in [6.45, 7) is 6.75. The standard InChI is InChI=1S/C23H27F3N4O3/c1-22(2,30-10-12-33-13-11-30)15-27-21(32)29-19-9-8-17(14-18(19)23(24,25)26)28-20(31)16-6-4-3-5-7-16/h3-9,14H,10-13,15H2,1-2H3,(H,28,31)(H2,27,29,32). The van der Waals surface area contributed by atoms with Gasteiger partial charge in [0, 0.05) is 36.4 Å². The molecule has 33 heavy (non-hydrogen) atoms. The summed E-state index contributed by atoms with van der Waals surface area (Å²) in [6, 6.07) is 10.6. The van der Waals surface area contributed by atoms with Crippen molar-refractivity contribution in [2.24, 2.45) is 0 Å². The van der Waals surface area contributed by atoms with Crippen molar-refractivity contribution < 1.29 is 27.5 Å². The van der Waals surface area contributed by atoms with Gasteiger partial charge in [0.1, 0.15) is 0 Å². The number of nitrogens with zero attached hydrogens (tertiary/aromatic N) is 1. The Balaban J connectivity index is 1.67. The van der Waals surface area contributed by atoms with E-state index in [1.807, 2.05) is 13.8 Å². The fourth-order valence-electron chi connectivity index (χ4n) is 3.50. The second-order valence-electron chi connectivity index (χ2n) is 8.30. The molecule has 1 aliphatic heterocycles. The smallest absolute Gasteiger partial charge is 0.379 e. The predicted octanol–water partition coefficient (Wildman–Crippen LogP) is 4.19. The average molecular weight is 464 g/mol. The maximum absolute atomic E-state index is 13.7. The highest BCUT2D eigenvalue weighted by Crippen LogP contribution is 2.36. The number of nitrogens with one attached hydrogen (secondary N) is 3. The van der Waals surface area contributed by atoms with Crippen LogP contribution in [0.4, 0.5) is 29.3 Å². The number of morpholine rings is 1. The first-order chi connectivity index (χ1) is 15.6. The second-order valence-corrected chi connectivity index (χ2v) is 8.30. The van der Waals surface area contributed by atoms with Crippen molar-refractivity contribution in [1.82, 2.24) is 10.2 Å². The Labute approximate surface area is 190 Å². The molecule has 3 rings (SSSR count). The lowest BCUT2D eigenvalue weighted by Crippen LogP contribution is -2.55. The highest BCUT2D eigenvalue weighted by molar-refractivity contribution is 6.04. The van der Waals surface area contributed by atoms with E-state index >= 15 is 0 Å². The molecule has 0 unspecified atom stereocenters. The molecule has 3 amide bonds. The molecule has 1 fully saturated rings. The maximum Gasteiger partial charge on any atom is 0.418 e. The van der Waals surface area contributed by atoms with Gasteiger partial charge in [0.05, 0.1) is 24.5 Å². The number of alkyl halides is 3. The van der Waals surface area contributed by atoms with E-state index in [2.05, 4.69) is 20.9 Å². The van der Waals surface area contributed by atoms with E-state index in [0.717, 1.165) is 12.1 Å². The summed E-state index contributed by atoms with van der Waals surface area (Å²) < 4.78 is 46.3. The Hall–Kier alpha value is -3.11. The zero-order chi connectivity index (χ0) is 24.1. The lowest BCUT2D eigenvalue weighted by Gasteiger charge is -2.40. The van der Waals surface area contributed by atoms with E-state index < -0.39 is 29.4 Å². The van der Waals surface area contributed by atoms with Crippen LogP contribution >= 0.6 is 0 Å². The van der Waals surface area contributed by atoms with Crippen LogP contribution in [0.5, 0.6) is 0 Å². The van der Waals surface area contributed by atoms with Gasteiger partial charge in [-0.1, -0.05) is 18.2 Å². The van der Waals surface area contributed by atoms with E-state index in [4.69, 9.17) is 4.74 Å². The van der Waals surface area contributed by atoms with Gasteiger partial charge in [-0.2, -0.15) is 13.2 Å². The summed E-state index contributed by atoms with van der Waals surface area (Å²) in [4.78, 5) is 26.8. The van der Waals surface area contributed by atoms with Crippen LogP contribution in [0.3, 0.4) is 0 Å². The number of halogens is 3. The van der Waals surface area contributed by atoms with Crippen LogP contribution < -0.4 is 16.0 Å². The van der Waals surface area contributed by atoms with Crippen LogP contribution in [0, 0.1) is 0 Å². The van der Waals surface area contributed by atoms with Gasteiger partial charge in [-0.15, -0.1) is 0 Å². The summed E-state index contributed by atoms with van der Waals surface area (Å²) >= 11 is 0. The Morgan fingerprint density at radius 2 is 1.67 bits per heavy atom. The highest BCUT2D eigenvalue weighted by atomic mass is 19.4.